The maximum absolute atomic E-state index is 13.5. The molecule has 4 bridgehead atoms. The van der Waals surface area contributed by atoms with E-state index in [1.54, 1.807) is 32.4 Å². The summed E-state index contributed by atoms with van der Waals surface area (Å²) in [5.41, 5.74) is 1.44. The maximum Gasteiger partial charge on any atom is 0.294 e. The number of Topliss-reactive ketones (excluding diaryl/α,β-unsaturated/α-hetero) is 1. The van der Waals surface area contributed by atoms with E-state index in [1.807, 2.05) is 0 Å². The van der Waals surface area contributed by atoms with Gasteiger partial charge in [0.15, 0.2) is 0 Å². The number of rotatable bonds is 5. The lowest BCUT2D eigenvalue weighted by molar-refractivity contribution is -0.144. The monoisotopic (exact) mass is 482 g/mol. The molecule has 8 nitrogen and oxygen atoms in total. The number of aliphatic hydroxyl groups is 1. The van der Waals surface area contributed by atoms with Gasteiger partial charge in [-0.1, -0.05) is 0 Å². The molecule has 2 atom stereocenters. The van der Waals surface area contributed by atoms with Crippen LogP contribution in [0, 0.1) is 44.5 Å². The highest BCUT2D eigenvalue weighted by Crippen LogP contribution is 2.55. The highest BCUT2D eigenvalue weighted by Gasteiger charge is 2.55. The summed E-state index contributed by atoms with van der Waals surface area (Å²) < 4.78 is 15.0. The number of nitrogens with zero attached hydrogens (tertiary/aromatic N) is 2. The standard InChI is InChI=1S/C26H31FN4O4/c1-12-5-18(11-28-23(12)27)29-24(33)19-13(2)21(31(4)14(19)3)22(32)25(34)30-20-16-6-15-7-17(20)10-26(35,8-15)9-16/h5,11,15-17,20,35H,6-10H2,1-4H3,(H,29,33)(H,30,34)/t15?,16?,17?,20-,26-. The molecule has 4 fully saturated rings. The Labute approximate surface area is 203 Å². The molecule has 4 aliphatic rings. The van der Waals surface area contributed by atoms with Crippen LogP contribution >= 0.6 is 0 Å². The molecule has 35 heavy (non-hydrogen) atoms. The number of hydrogen-bond acceptors (Lipinski definition) is 5. The average molecular weight is 483 g/mol. The van der Waals surface area contributed by atoms with Gasteiger partial charge in [-0.25, -0.2) is 4.98 Å². The number of amides is 2. The first kappa shape index (κ1) is 23.7. The number of hydrogen-bond donors (Lipinski definition) is 3. The first-order chi connectivity index (χ1) is 16.5. The summed E-state index contributed by atoms with van der Waals surface area (Å²) in [4.78, 5) is 43.0. The van der Waals surface area contributed by atoms with Crippen molar-refractivity contribution in [2.24, 2.45) is 24.8 Å². The molecule has 4 saturated carbocycles. The number of aryl methyl sites for hydroxylation is 1. The smallest absolute Gasteiger partial charge is 0.294 e. The Hall–Kier alpha value is -3.07. The third-order valence-electron chi connectivity index (χ3n) is 8.39. The third kappa shape index (κ3) is 3.95. The van der Waals surface area contributed by atoms with Gasteiger partial charge >= 0.3 is 0 Å². The molecule has 2 aromatic heterocycles. The first-order valence-corrected chi connectivity index (χ1v) is 12.1. The van der Waals surface area contributed by atoms with Gasteiger partial charge in [-0.2, -0.15) is 4.39 Å². The Balaban J connectivity index is 1.35. The summed E-state index contributed by atoms with van der Waals surface area (Å²) in [6, 6.07) is 1.37. The summed E-state index contributed by atoms with van der Waals surface area (Å²) in [6.45, 7) is 4.91. The normalized spacial score (nSPS) is 28.7. The van der Waals surface area contributed by atoms with Crippen LogP contribution in [0.4, 0.5) is 10.1 Å². The Kier molecular flexibility index (Phi) is 5.58. The van der Waals surface area contributed by atoms with Gasteiger partial charge in [0.25, 0.3) is 17.6 Å². The van der Waals surface area contributed by atoms with E-state index in [2.05, 4.69) is 15.6 Å². The molecule has 4 aliphatic carbocycles. The van der Waals surface area contributed by atoms with Gasteiger partial charge in [0.1, 0.15) is 0 Å². The summed E-state index contributed by atoms with van der Waals surface area (Å²) in [7, 11) is 1.65. The zero-order valence-electron chi connectivity index (χ0n) is 20.4. The quantitative estimate of drug-likeness (QED) is 0.345. The van der Waals surface area contributed by atoms with Gasteiger partial charge in [-0.05, 0) is 82.3 Å². The van der Waals surface area contributed by atoms with E-state index in [0.717, 1.165) is 19.3 Å². The van der Waals surface area contributed by atoms with E-state index in [4.69, 9.17) is 0 Å². The lowest BCUT2D eigenvalue weighted by atomic mass is 9.52. The van der Waals surface area contributed by atoms with Crippen LogP contribution in [0.2, 0.25) is 0 Å². The minimum atomic E-state index is -0.682. The molecule has 186 valence electrons. The molecule has 2 unspecified atom stereocenters. The van der Waals surface area contributed by atoms with Crippen LogP contribution in [0.15, 0.2) is 12.3 Å². The summed E-state index contributed by atoms with van der Waals surface area (Å²) in [6.07, 6.45) is 5.37. The van der Waals surface area contributed by atoms with Crippen LogP contribution in [0.1, 0.15) is 69.8 Å². The SMILES string of the molecule is Cc1cc(NC(=O)c2c(C)c(C(=O)C(=O)N[C@H]3C4CC5CC3C[C@](O)(C5)C4)n(C)c2C)cnc1F. The number of anilines is 1. The largest absolute Gasteiger partial charge is 0.390 e. The van der Waals surface area contributed by atoms with Crippen molar-refractivity contribution in [3.8, 4) is 0 Å². The second-order valence-electron chi connectivity index (χ2n) is 10.8. The van der Waals surface area contributed by atoms with Crippen molar-refractivity contribution in [1.29, 1.82) is 0 Å². The van der Waals surface area contributed by atoms with Gasteiger partial charge in [-0.15, -0.1) is 0 Å². The summed E-state index contributed by atoms with van der Waals surface area (Å²) in [5.74, 6) is -1.55. The summed E-state index contributed by atoms with van der Waals surface area (Å²) in [5, 5.41) is 16.5. The fourth-order valence-electron chi connectivity index (χ4n) is 7.00. The fourth-order valence-corrected chi connectivity index (χ4v) is 7.00. The second-order valence-corrected chi connectivity index (χ2v) is 10.8. The zero-order chi connectivity index (χ0) is 25.2. The Morgan fingerprint density at radius 3 is 2.40 bits per heavy atom. The number of aromatic nitrogens is 2. The van der Waals surface area contributed by atoms with Crippen LogP contribution in [-0.4, -0.2) is 43.9 Å². The van der Waals surface area contributed by atoms with Crippen molar-refractivity contribution < 1.29 is 23.9 Å². The van der Waals surface area contributed by atoms with Crippen molar-refractivity contribution >= 4 is 23.3 Å². The molecule has 2 amide bonds. The van der Waals surface area contributed by atoms with E-state index in [-0.39, 0.29) is 23.6 Å². The van der Waals surface area contributed by atoms with E-state index in [0.29, 0.717) is 46.8 Å². The van der Waals surface area contributed by atoms with E-state index >= 15 is 0 Å². The number of pyridine rings is 1. The van der Waals surface area contributed by atoms with Gasteiger partial charge in [-0.3, -0.25) is 14.4 Å². The van der Waals surface area contributed by atoms with Crippen LogP contribution in [0.3, 0.4) is 0 Å². The summed E-state index contributed by atoms with van der Waals surface area (Å²) >= 11 is 0. The second kappa shape index (κ2) is 8.26. The Bertz CT molecular complexity index is 1240. The zero-order valence-corrected chi connectivity index (χ0v) is 20.4. The average Bonchev–Trinajstić information content (AvgIpc) is 2.99. The molecule has 0 radical (unpaired) electrons. The molecule has 0 saturated heterocycles. The molecular weight excluding hydrogens is 451 g/mol. The number of carbonyl (C=O) groups excluding carboxylic acids is 3. The molecule has 9 heteroatoms. The van der Waals surface area contributed by atoms with E-state index in [9.17, 15) is 23.9 Å². The van der Waals surface area contributed by atoms with E-state index < -0.39 is 29.1 Å². The predicted molar refractivity (Wildman–Crippen MR) is 127 cm³/mol. The van der Waals surface area contributed by atoms with Crippen LogP contribution in [0.25, 0.3) is 0 Å². The lowest BCUT2D eigenvalue weighted by Gasteiger charge is -2.58. The van der Waals surface area contributed by atoms with Gasteiger partial charge in [0.2, 0.25) is 5.95 Å². The highest BCUT2D eigenvalue weighted by molar-refractivity contribution is 6.43. The number of ketones is 1. The first-order valence-electron chi connectivity index (χ1n) is 12.1. The molecule has 6 rings (SSSR count). The van der Waals surface area contributed by atoms with E-state index in [1.165, 1.54) is 12.3 Å². The van der Waals surface area contributed by atoms with Gasteiger partial charge in [0.05, 0.1) is 28.7 Å². The molecule has 2 heterocycles. The molecule has 0 spiro atoms. The Morgan fingerprint density at radius 1 is 1.14 bits per heavy atom. The predicted octanol–water partition coefficient (Wildman–Crippen LogP) is 2.98. The van der Waals surface area contributed by atoms with Gasteiger partial charge in [0, 0.05) is 24.3 Å². The van der Waals surface area contributed by atoms with Crippen LogP contribution in [0.5, 0.6) is 0 Å². The van der Waals surface area contributed by atoms with Crippen LogP contribution in [-0.2, 0) is 11.8 Å². The number of halogens is 1. The van der Waals surface area contributed by atoms with Crippen molar-refractivity contribution in [3.63, 3.8) is 0 Å². The number of nitrogens with one attached hydrogen (secondary N) is 2. The minimum Gasteiger partial charge on any atom is -0.390 e. The van der Waals surface area contributed by atoms with Crippen molar-refractivity contribution in [2.75, 3.05) is 5.32 Å². The topological polar surface area (TPSA) is 113 Å². The molecule has 0 aliphatic heterocycles. The molecule has 2 aromatic rings. The van der Waals surface area contributed by atoms with Crippen LogP contribution < -0.4 is 10.6 Å². The van der Waals surface area contributed by atoms with Crippen molar-refractivity contribution in [2.45, 2.75) is 64.5 Å². The molecule has 3 N–H and O–H groups in total. The Morgan fingerprint density at radius 2 is 1.80 bits per heavy atom. The number of carbonyl (C=O) groups is 3. The van der Waals surface area contributed by atoms with Gasteiger partial charge < -0.3 is 20.3 Å². The fraction of sp³-hybridized carbons (Fsp3) is 0.538. The van der Waals surface area contributed by atoms with Crippen molar-refractivity contribution in [3.05, 3.63) is 46.3 Å². The van der Waals surface area contributed by atoms with Crippen molar-refractivity contribution in [1.82, 2.24) is 14.9 Å². The minimum absolute atomic E-state index is 0.109. The maximum atomic E-state index is 13.5. The molecule has 0 aromatic carbocycles. The highest BCUT2D eigenvalue weighted by atomic mass is 19.1. The third-order valence-corrected chi connectivity index (χ3v) is 8.39. The lowest BCUT2D eigenvalue weighted by Crippen LogP contribution is -2.62. The molecular formula is C26H31FN4O4.